The van der Waals surface area contributed by atoms with Gasteiger partial charge in [0.15, 0.2) is 0 Å². The normalized spacial score (nSPS) is 20.0. The fraction of sp³-hybridized carbons (Fsp3) is 0.522. The van der Waals surface area contributed by atoms with Crippen molar-refractivity contribution in [3.05, 3.63) is 46.6 Å². The predicted molar refractivity (Wildman–Crippen MR) is 108 cm³/mol. The van der Waals surface area contributed by atoms with Gasteiger partial charge in [-0.1, -0.05) is 17.7 Å². The number of aryl methyl sites for hydroxylation is 2. The maximum atomic E-state index is 11.4. The number of benzene rings is 1. The van der Waals surface area contributed by atoms with Crippen LogP contribution < -0.4 is 4.74 Å². The Kier molecular flexibility index (Phi) is 7.11. The van der Waals surface area contributed by atoms with Crippen LogP contribution in [0.25, 0.3) is 0 Å². The van der Waals surface area contributed by atoms with E-state index in [4.69, 9.17) is 9.47 Å². The highest BCUT2D eigenvalue weighted by atomic mass is 16.5. The first-order chi connectivity index (χ1) is 12.7. The van der Waals surface area contributed by atoms with Crippen LogP contribution in [0.5, 0.6) is 11.5 Å². The highest BCUT2D eigenvalue weighted by Gasteiger charge is 2.31. The van der Waals surface area contributed by atoms with E-state index >= 15 is 0 Å². The van der Waals surface area contributed by atoms with E-state index in [9.17, 15) is 9.90 Å². The lowest BCUT2D eigenvalue weighted by Crippen LogP contribution is -2.36. The summed E-state index contributed by atoms with van der Waals surface area (Å²) in [5.41, 5.74) is 3.91. The number of carbonyl (C=O) groups excluding carboxylic acids is 1. The monoisotopic (exact) mass is 372 g/mol. The van der Waals surface area contributed by atoms with Gasteiger partial charge in [0.25, 0.3) is 0 Å². The van der Waals surface area contributed by atoms with E-state index in [1.165, 1.54) is 12.7 Å². The molecule has 27 heavy (non-hydrogen) atoms. The maximum Gasteiger partial charge on any atom is 0.333 e. The van der Waals surface area contributed by atoms with Crippen molar-refractivity contribution in [2.45, 2.75) is 71.8 Å². The van der Waals surface area contributed by atoms with Crippen LogP contribution in [0.4, 0.5) is 0 Å². The van der Waals surface area contributed by atoms with Crippen molar-refractivity contribution in [1.82, 2.24) is 0 Å². The standard InChI is InChI=1S/C23H32O4/c1-16(8-6-10-17(2)22(25)26-5)9-7-12-23(4)13-11-19-15-20(24)14-18(3)21(19)27-23/h9-10,14-15,24H,6-8,11-13H2,1-5H3/b16-9+,17-10+/t23-/m1/s1. The van der Waals surface area contributed by atoms with Crippen LogP contribution in [0, 0.1) is 6.92 Å². The van der Waals surface area contributed by atoms with Gasteiger partial charge in [-0.25, -0.2) is 4.79 Å². The van der Waals surface area contributed by atoms with Gasteiger partial charge in [0, 0.05) is 5.57 Å². The Bertz CT molecular complexity index is 745. The summed E-state index contributed by atoms with van der Waals surface area (Å²) < 4.78 is 11.0. The summed E-state index contributed by atoms with van der Waals surface area (Å²) in [5, 5.41) is 9.76. The van der Waals surface area contributed by atoms with E-state index in [-0.39, 0.29) is 11.6 Å². The molecule has 2 rings (SSSR count). The van der Waals surface area contributed by atoms with Crippen molar-refractivity contribution in [2.24, 2.45) is 0 Å². The van der Waals surface area contributed by atoms with E-state index in [1.54, 1.807) is 13.0 Å². The van der Waals surface area contributed by atoms with Crippen LogP contribution in [-0.4, -0.2) is 23.8 Å². The number of rotatable bonds is 7. The molecular formula is C23H32O4. The van der Waals surface area contributed by atoms with E-state index in [0.29, 0.717) is 11.3 Å². The zero-order valence-corrected chi connectivity index (χ0v) is 17.2. The first-order valence-corrected chi connectivity index (χ1v) is 9.66. The summed E-state index contributed by atoms with van der Waals surface area (Å²) in [6, 6.07) is 3.58. The van der Waals surface area contributed by atoms with Gasteiger partial charge in [-0.05, 0) is 89.5 Å². The van der Waals surface area contributed by atoms with Gasteiger partial charge < -0.3 is 14.6 Å². The maximum absolute atomic E-state index is 11.4. The molecule has 1 aromatic rings. The van der Waals surface area contributed by atoms with Gasteiger partial charge in [0.05, 0.1) is 7.11 Å². The number of fused-ring (bicyclic) bond motifs is 1. The number of hydrogen-bond acceptors (Lipinski definition) is 4. The number of methoxy groups -OCH3 is 1. The largest absolute Gasteiger partial charge is 0.508 e. The van der Waals surface area contributed by atoms with Gasteiger partial charge >= 0.3 is 5.97 Å². The molecule has 0 saturated carbocycles. The average molecular weight is 373 g/mol. The van der Waals surface area contributed by atoms with Crippen LogP contribution in [0.2, 0.25) is 0 Å². The Morgan fingerprint density at radius 3 is 2.74 bits per heavy atom. The van der Waals surface area contributed by atoms with Crippen molar-refractivity contribution in [2.75, 3.05) is 7.11 Å². The molecule has 0 bridgehead atoms. The van der Waals surface area contributed by atoms with Crippen molar-refractivity contribution in [3.8, 4) is 11.5 Å². The van der Waals surface area contributed by atoms with E-state index < -0.39 is 0 Å². The minimum absolute atomic E-state index is 0.174. The molecule has 1 N–H and O–H groups in total. The molecular weight excluding hydrogens is 340 g/mol. The minimum atomic E-state index is -0.261. The lowest BCUT2D eigenvalue weighted by atomic mass is 9.87. The van der Waals surface area contributed by atoms with Crippen molar-refractivity contribution in [3.63, 3.8) is 0 Å². The molecule has 4 nitrogen and oxygen atoms in total. The molecule has 0 saturated heterocycles. The molecule has 0 amide bonds. The first-order valence-electron chi connectivity index (χ1n) is 9.66. The predicted octanol–water partition coefficient (Wildman–Crippen LogP) is 5.41. The number of carbonyl (C=O) groups is 1. The molecule has 0 fully saturated rings. The number of ether oxygens (including phenoxy) is 2. The van der Waals surface area contributed by atoms with Crippen LogP contribution in [0.15, 0.2) is 35.4 Å². The highest BCUT2D eigenvalue weighted by molar-refractivity contribution is 5.87. The molecule has 1 aliphatic rings. The number of esters is 1. The van der Waals surface area contributed by atoms with E-state index in [0.717, 1.165) is 55.4 Å². The Hall–Kier alpha value is -2.23. The van der Waals surface area contributed by atoms with E-state index in [2.05, 4.69) is 19.9 Å². The number of allylic oxidation sites excluding steroid dienone is 3. The summed E-state index contributed by atoms with van der Waals surface area (Å²) in [7, 11) is 1.40. The Balaban J connectivity index is 1.87. The SMILES string of the molecule is COC(=O)/C(C)=C/CC/C(C)=C/CC[C@]1(C)CCc2cc(O)cc(C)c2O1. The van der Waals surface area contributed by atoms with Gasteiger partial charge in [-0.3, -0.25) is 0 Å². The van der Waals surface area contributed by atoms with Crippen LogP contribution >= 0.6 is 0 Å². The summed E-state index contributed by atoms with van der Waals surface area (Å²) >= 11 is 0. The Labute approximate surface area is 162 Å². The fourth-order valence-electron chi connectivity index (χ4n) is 3.52. The van der Waals surface area contributed by atoms with E-state index in [1.807, 2.05) is 19.1 Å². The van der Waals surface area contributed by atoms with Crippen LogP contribution in [0.1, 0.15) is 64.0 Å². The second kappa shape index (κ2) is 9.12. The molecule has 0 spiro atoms. The van der Waals surface area contributed by atoms with Gasteiger partial charge in [0.2, 0.25) is 0 Å². The molecule has 148 valence electrons. The molecule has 1 atom stereocenters. The minimum Gasteiger partial charge on any atom is -0.508 e. The third kappa shape index (κ3) is 5.88. The quantitative estimate of drug-likeness (QED) is 0.395. The first kappa shape index (κ1) is 21.1. The molecule has 1 aromatic carbocycles. The molecule has 0 radical (unpaired) electrons. The second-order valence-electron chi connectivity index (χ2n) is 7.81. The second-order valence-corrected chi connectivity index (χ2v) is 7.81. The van der Waals surface area contributed by atoms with Crippen molar-refractivity contribution in [1.29, 1.82) is 0 Å². The summed E-state index contributed by atoms with van der Waals surface area (Å²) in [5.74, 6) is 0.988. The number of phenolic OH excluding ortho intramolecular Hbond substituents is 1. The van der Waals surface area contributed by atoms with Gasteiger partial charge in [-0.2, -0.15) is 0 Å². The average Bonchev–Trinajstić information content (AvgIpc) is 2.61. The van der Waals surface area contributed by atoms with Crippen LogP contribution in [0.3, 0.4) is 0 Å². The molecule has 0 aromatic heterocycles. The Morgan fingerprint density at radius 1 is 1.30 bits per heavy atom. The van der Waals surface area contributed by atoms with Crippen molar-refractivity contribution < 1.29 is 19.4 Å². The summed E-state index contributed by atoms with van der Waals surface area (Å²) in [4.78, 5) is 11.4. The molecule has 4 heteroatoms. The molecule has 1 heterocycles. The summed E-state index contributed by atoms with van der Waals surface area (Å²) in [6.07, 6.45) is 9.80. The third-order valence-corrected chi connectivity index (χ3v) is 5.27. The fourth-order valence-corrected chi connectivity index (χ4v) is 3.52. The molecule has 0 unspecified atom stereocenters. The third-order valence-electron chi connectivity index (χ3n) is 5.27. The van der Waals surface area contributed by atoms with Gasteiger partial charge in [-0.15, -0.1) is 0 Å². The molecule has 0 aliphatic carbocycles. The van der Waals surface area contributed by atoms with Crippen LogP contribution in [-0.2, 0) is 16.0 Å². The Morgan fingerprint density at radius 2 is 2.04 bits per heavy atom. The van der Waals surface area contributed by atoms with Crippen molar-refractivity contribution >= 4 is 5.97 Å². The zero-order valence-electron chi connectivity index (χ0n) is 17.2. The number of phenols is 1. The lowest BCUT2D eigenvalue weighted by molar-refractivity contribution is -0.136. The number of aromatic hydroxyl groups is 1. The lowest BCUT2D eigenvalue weighted by Gasteiger charge is -2.36. The zero-order chi connectivity index (χ0) is 20.0. The summed E-state index contributed by atoms with van der Waals surface area (Å²) in [6.45, 7) is 8.07. The molecule has 1 aliphatic heterocycles. The topological polar surface area (TPSA) is 55.8 Å². The van der Waals surface area contributed by atoms with Gasteiger partial charge in [0.1, 0.15) is 17.1 Å². The number of hydrogen-bond donors (Lipinski definition) is 1. The smallest absolute Gasteiger partial charge is 0.333 e. The highest BCUT2D eigenvalue weighted by Crippen LogP contribution is 2.39.